The van der Waals surface area contributed by atoms with E-state index in [2.05, 4.69) is 0 Å². The van der Waals surface area contributed by atoms with Gasteiger partial charge in [0.15, 0.2) is 0 Å². The van der Waals surface area contributed by atoms with Crippen molar-refractivity contribution in [1.82, 2.24) is 4.90 Å². The SMILES string of the molecule is CCN(CC)C(=O)OC(C#N)c1cccc(Oc2ccccc2)c1. The molecule has 0 aliphatic carbocycles. The summed E-state index contributed by atoms with van der Waals surface area (Å²) >= 11 is 0. The van der Waals surface area contributed by atoms with Gasteiger partial charge in [-0.15, -0.1) is 0 Å². The van der Waals surface area contributed by atoms with Crippen molar-refractivity contribution in [1.29, 1.82) is 5.26 Å². The van der Waals surface area contributed by atoms with Gasteiger partial charge in [-0.05, 0) is 38.1 Å². The van der Waals surface area contributed by atoms with Crippen LogP contribution >= 0.6 is 0 Å². The Labute approximate surface area is 142 Å². The van der Waals surface area contributed by atoms with Gasteiger partial charge >= 0.3 is 6.09 Å². The van der Waals surface area contributed by atoms with Crippen LogP contribution in [0.3, 0.4) is 0 Å². The molecule has 5 heteroatoms. The van der Waals surface area contributed by atoms with Crippen molar-refractivity contribution < 1.29 is 14.3 Å². The molecular formula is C19H20N2O3. The fourth-order valence-electron chi connectivity index (χ4n) is 2.19. The maximum absolute atomic E-state index is 12.0. The molecule has 1 unspecified atom stereocenters. The van der Waals surface area contributed by atoms with E-state index in [9.17, 15) is 10.1 Å². The second-order valence-corrected chi connectivity index (χ2v) is 5.05. The topological polar surface area (TPSA) is 62.6 Å². The van der Waals surface area contributed by atoms with Gasteiger partial charge in [-0.2, -0.15) is 5.26 Å². The summed E-state index contributed by atoms with van der Waals surface area (Å²) < 4.78 is 11.1. The lowest BCUT2D eigenvalue weighted by Crippen LogP contribution is -2.31. The first kappa shape index (κ1) is 17.4. The van der Waals surface area contributed by atoms with Crippen LogP contribution in [0.5, 0.6) is 11.5 Å². The van der Waals surface area contributed by atoms with Crippen molar-refractivity contribution in [2.75, 3.05) is 13.1 Å². The quantitative estimate of drug-likeness (QED) is 0.783. The zero-order valence-corrected chi connectivity index (χ0v) is 13.8. The van der Waals surface area contributed by atoms with Gasteiger partial charge in [-0.1, -0.05) is 30.3 Å². The molecule has 0 N–H and O–H groups in total. The molecule has 0 aromatic heterocycles. The molecule has 0 radical (unpaired) electrons. The molecule has 0 aliphatic rings. The lowest BCUT2D eigenvalue weighted by atomic mass is 10.1. The number of nitriles is 1. The van der Waals surface area contributed by atoms with E-state index in [4.69, 9.17) is 9.47 Å². The number of hydrogen-bond acceptors (Lipinski definition) is 4. The van der Waals surface area contributed by atoms with Crippen LogP contribution in [-0.2, 0) is 4.74 Å². The van der Waals surface area contributed by atoms with Crippen LogP contribution < -0.4 is 4.74 Å². The third-order valence-corrected chi connectivity index (χ3v) is 3.50. The van der Waals surface area contributed by atoms with Crippen molar-refractivity contribution in [3.8, 4) is 17.6 Å². The van der Waals surface area contributed by atoms with E-state index in [1.807, 2.05) is 50.2 Å². The van der Waals surface area contributed by atoms with Crippen molar-refractivity contribution in [3.63, 3.8) is 0 Å². The van der Waals surface area contributed by atoms with Gasteiger partial charge in [-0.25, -0.2) is 4.79 Å². The molecule has 0 saturated heterocycles. The minimum atomic E-state index is -0.975. The van der Waals surface area contributed by atoms with E-state index in [0.29, 0.717) is 30.2 Å². The fraction of sp³-hybridized carbons (Fsp3) is 0.263. The van der Waals surface area contributed by atoms with Gasteiger partial charge in [-0.3, -0.25) is 0 Å². The summed E-state index contributed by atoms with van der Waals surface area (Å²) in [6.07, 6.45) is -1.47. The summed E-state index contributed by atoms with van der Waals surface area (Å²) in [6, 6.07) is 18.4. The highest BCUT2D eigenvalue weighted by atomic mass is 16.6. The summed E-state index contributed by atoms with van der Waals surface area (Å²) in [5.74, 6) is 1.28. The zero-order valence-electron chi connectivity index (χ0n) is 13.8. The number of ether oxygens (including phenoxy) is 2. The summed E-state index contributed by atoms with van der Waals surface area (Å²) in [7, 11) is 0. The third-order valence-electron chi connectivity index (χ3n) is 3.50. The normalized spacial score (nSPS) is 11.2. The minimum Gasteiger partial charge on any atom is -0.457 e. The minimum absolute atomic E-state index is 0.499. The predicted molar refractivity (Wildman–Crippen MR) is 90.7 cm³/mol. The summed E-state index contributed by atoms with van der Waals surface area (Å²) in [6.45, 7) is 4.79. The van der Waals surface area contributed by atoms with Crippen LogP contribution in [0, 0.1) is 11.3 Å². The number of carbonyl (C=O) groups excluding carboxylic acids is 1. The van der Waals surface area contributed by atoms with Crippen LogP contribution in [0.4, 0.5) is 4.79 Å². The molecular weight excluding hydrogens is 304 g/mol. The molecule has 2 rings (SSSR count). The monoisotopic (exact) mass is 324 g/mol. The highest BCUT2D eigenvalue weighted by Crippen LogP contribution is 2.26. The molecule has 0 spiro atoms. The van der Waals surface area contributed by atoms with Crippen molar-refractivity contribution in [2.24, 2.45) is 0 Å². The number of hydrogen-bond donors (Lipinski definition) is 0. The first-order valence-electron chi connectivity index (χ1n) is 7.86. The Balaban J connectivity index is 2.13. The van der Waals surface area contributed by atoms with Gasteiger partial charge in [0, 0.05) is 18.7 Å². The van der Waals surface area contributed by atoms with Gasteiger partial charge < -0.3 is 14.4 Å². The number of para-hydroxylation sites is 1. The van der Waals surface area contributed by atoms with Crippen LogP contribution in [0.15, 0.2) is 54.6 Å². The summed E-state index contributed by atoms with van der Waals surface area (Å²) in [5.41, 5.74) is 0.575. The number of rotatable bonds is 6. The second kappa shape index (κ2) is 8.59. The second-order valence-electron chi connectivity index (χ2n) is 5.05. The highest BCUT2D eigenvalue weighted by Gasteiger charge is 2.20. The van der Waals surface area contributed by atoms with Crippen molar-refractivity contribution in [3.05, 3.63) is 60.2 Å². The number of benzene rings is 2. The lowest BCUT2D eigenvalue weighted by molar-refractivity contribution is 0.0856. The molecule has 0 saturated carbocycles. The average molecular weight is 324 g/mol. The third kappa shape index (κ3) is 4.50. The number of carbonyl (C=O) groups is 1. The fourth-order valence-corrected chi connectivity index (χ4v) is 2.19. The lowest BCUT2D eigenvalue weighted by Gasteiger charge is -2.20. The summed E-state index contributed by atoms with van der Waals surface area (Å²) in [4.78, 5) is 13.6. The number of amides is 1. The molecule has 2 aromatic carbocycles. The molecule has 1 amide bonds. The van der Waals surface area contributed by atoms with Crippen LogP contribution in [-0.4, -0.2) is 24.1 Å². The summed E-state index contributed by atoms with van der Waals surface area (Å²) in [5, 5.41) is 9.35. The van der Waals surface area contributed by atoms with E-state index in [1.165, 1.54) is 4.90 Å². The van der Waals surface area contributed by atoms with E-state index in [0.717, 1.165) is 0 Å². The molecule has 124 valence electrons. The Bertz CT molecular complexity index is 706. The molecule has 5 nitrogen and oxygen atoms in total. The molecule has 0 aliphatic heterocycles. The zero-order chi connectivity index (χ0) is 17.4. The molecule has 1 atom stereocenters. The van der Waals surface area contributed by atoms with Crippen LogP contribution in [0.2, 0.25) is 0 Å². The standard InChI is InChI=1S/C19H20N2O3/c1-3-21(4-2)19(22)24-18(14-20)15-9-8-12-17(13-15)23-16-10-6-5-7-11-16/h5-13,18H,3-4H2,1-2H3. The smallest absolute Gasteiger partial charge is 0.411 e. The largest absolute Gasteiger partial charge is 0.457 e. The Hall–Kier alpha value is -3.00. The van der Waals surface area contributed by atoms with E-state index < -0.39 is 12.2 Å². The van der Waals surface area contributed by atoms with Crippen LogP contribution in [0.1, 0.15) is 25.5 Å². The Morgan fingerprint density at radius 1 is 1.08 bits per heavy atom. The Morgan fingerprint density at radius 2 is 1.75 bits per heavy atom. The van der Waals surface area contributed by atoms with Crippen LogP contribution in [0.25, 0.3) is 0 Å². The van der Waals surface area contributed by atoms with Gasteiger partial charge in [0.2, 0.25) is 6.10 Å². The first-order chi connectivity index (χ1) is 11.7. The Kier molecular flexibility index (Phi) is 6.21. The molecule has 0 heterocycles. The van der Waals surface area contributed by atoms with Gasteiger partial charge in [0.25, 0.3) is 0 Å². The van der Waals surface area contributed by atoms with E-state index >= 15 is 0 Å². The van der Waals surface area contributed by atoms with E-state index in [1.54, 1.807) is 24.3 Å². The van der Waals surface area contributed by atoms with E-state index in [-0.39, 0.29) is 0 Å². The van der Waals surface area contributed by atoms with Gasteiger partial charge in [0.05, 0.1) is 0 Å². The first-order valence-corrected chi connectivity index (χ1v) is 7.86. The van der Waals surface area contributed by atoms with Crippen molar-refractivity contribution >= 4 is 6.09 Å². The molecule has 0 fully saturated rings. The molecule has 24 heavy (non-hydrogen) atoms. The maximum Gasteiger partial charge on any atom is 0.411 e. The molecule has 0 bridgehead atoms. The maximum atomic E-state index is 12.0. The predicted octanol–water partition coefficient (Wildman–Crippen LogP) is 4.52. The Morgan fingerprint density at radius 3 is 2.38 bits per heavy atom. The number of nitrogens with zero attached hydrogens (tertiary/aromatic N) is 2. The molecule has 2 aromatic rings. The highest BCUT2D eigenvalue weighted by molar-refractivity contribution is 5.68. The van der Waals surface area contributed by atoms with Gasteiger partial charge in [0.1, 0.15) is 17.6 Å². The average Bonchev–Trinajstić information content (AvgIpc) is 2.62. The van der Waals surface area contributed by atoms with Crippen molar-refractivity contribution in [2.45, 2.75) is 20.0 Å².